The minimum Gasteiger partial charge on any atom is -0.454 e. The molecule has 136 valence electrons. The number of aromatic nitrogens is 2. The van der Waals surface area contributed by atoms with Gasteiger partial charge in [-0.05, 0) is 43.2 Å². The lowest BCUT2D eigenvalue weighted by atomic mass is 10.1. The predicted molar refractivity (Wildman–Crippen MR) is 102 cm³/mol. The molecule has 2 aromatic carbocycles. The molecule has 0 saturated heterocycles. The van der Waals surface area contributed by atoms with Crippen LogP contribution in [0.4, 0.5) is 17.3 Å². The highest BCUT2D eigenvalue weighted by molar-refractivity contribution is 6.04. The highest BCUT2D eigenvalue weighted by Gasteiger charge is 2.15. The van der Waals surface area contributed by atoms with Gasteiger partial charge in [0.1, 0.15) is 0 Å². The van der Waals surface area contributed by atoms with E-state index in [-0.39, 0.29) is 12.7 Å². The molecule has 0 atom stereocenters. The van der Waals surface area contributed by atoms with Crippen molar-refractivity contribution in [3.63, 3.8) is 0 Å². The number of hydrogen-bond acceptors (Lipinski definition) is 6. The Morgan fingerprint density at radius 2 is 1.78 bits per heavy atom. The standard InChI is InChI=1S/C20H18N4O3/c1-12-3-4-13(2)16(7-12)24-20-21-9-14(10-22-20)19(25)23-15-5-6-17-18(8-15)27-11-26-17/h3-10H,11H2,1-2H3,(H,23,25)(H,21,22,24). The van der Waals surface area contributed by atoms with Crippen LogP contribution in [0.1, 0.15) is 21.5 Å². The van der Waals surface area contributed by atoms with Crippen LogP contribution in [-0.4, -0.2) is 22.7 Å². The summed E-state index contributed by atoms with van der Waals surface area (Å²) in [7, 11) is 0. The minimum absolute atomic E-state index is 0.190. The Hall–Kier alpha value is -3.61. The SMILES string of the molecule is Cc1ccc(C)c(Nc2ncc(C(=O)Nc3ccc4c(c3)OCO4)cn2)c1. The van der Waals surface area contributed by atoms with Crippen LogP contribution >= 0.6 is 0 Å². The molecule has 0 fully saturated rings. The summed E-state index contributed by atoms with van der Waals surface area (Å²) < 4.78 is 10.6. The molecule has 2 N–H and O–H groups in total. The number of aryl methyl sites for hydroxylation is 2. The summed E-state index contributed by atoms with van der Waals surface area (Å²) in [6, 6.07) is 11.3. The first-order valence-electron chi connectivity index (χ1n) is 8.46. The average molecular weight is 362 g/mol. The van der Waals surface area contributed by atoms with E-state index in [0.717, 1.165) is 16.8 Å². The van der Waals surface area contributed by atoms with Gasteiger partial charge in [0.25, 0.3) is 5.91 Å². The number of nitrogens with one attached hydrogen (secondary N) is 2. The van der Waals surface area contributed by atoms with Gasteiger partial charge in [-0.1, -0.05) is 12.1 Å². The summed E-state index contributed by atoms with van der Waals surface area (Å²) in [6.45, 7) is 4.22. The molecule has 1 aromatic heterocycles. The zero-order valence-electron chi connectivity index (χ0n) is 14.9. The van der Waals surface area contributed by atoms with Crippen LogP contribution < -0.4 is 20.1 Å². The van der Waals surface area contributed by atoms with Crippen LogP contribution in [0.5, 0.6) is 11.5 Å². The van der Waals surface area contributed by atoms with E-state index in [9.17, 15) is 4.79 Å². The number of benzene rings is 2. The number of carbonyl (C=O) groups excluding carboxylic acids is 1. The van der Waals surface area contributed by atoms with Gasteiger partial charge in [0.05, 0.1) is 5.56 Å². The molecule has 0 bridgehead atoms. The average Bonchev–Trinajstić information content (AvgIpc) is 3.13. The van der Waals surface area contributed by atoms with Crippen LogP contribution in [0, 0.1) is 13.8 Å². The van der Waals surface area contributed by atoms with Crippen molar-refractivity contribution in [2.45, 2.75) is 13.8 Å². The first kappa shape index (κ1) is 16.8. The van der Waals surface area contributed by atoms with Gasteiger partial charge in [0.15, 0.2) is 11.5 Å². The summed E-state index contributed by atoms with van der Waals surface area (Å²) in [5.41, 5.74) is 4.14. The van der Waals surface area contributed by atoms with Crippen molar-refractivity contribution >= 4 is 23.2 Å². The number of rotatable bonds is 4. The zero-order chi connectivity index (χ0) is 18.8. The molecule has 1 aliphatic heterocycles. The number of amides is 1. The van der Waals surface area contributed by atoms with E-state index in [4.69, 9.17) is 9.47 Å². The monoisotopic (exact) mass is 362 g/mol. The second kappa shape index (κ2) is 6.95. The fourth-order valence-corrected chi connectivity index (χ4v) is 2.68. The van der Waals surface area contributed by atoms with E-state index >= 15 is 0 Å². The lowest BCUT2D eigenvalue weighted by Gasteiger charge is -2.10. The summed E-state index contributed by atoms with van der Waals surface area (Å²) in [4.78, 5) is 20.9. The molecule has 0 aliphatic carbocycles. The minimum atomic E-state index is -0.299. The summed E-state index contributed by atoms with van der Waals surface area (Å²) >= 11 is 0. The number of fused-ring (bicyclic) bond motifs is 1. The molecule has 3 aromatic rings. The third kappa shape index (κ3) is 3.67. The number of ether oxygens (including phenoxy) is 2. The Morgan fingerprint density at radius 3 is 2.59 bits per heavy atom. The van der Waals surface area contributed by atoms with Crippen LogP contribution in [0.15, 0.2) is 48.8 Å². The molecule has 0 spiro atoms. The first-order valence-corrected chi connectivity index (χ1v) is 8.46. The molecule has 1 aliphatic rings. The van der Waals surface area contributed by atoms with E-state index in [2.05, 4.69) is 20.6 Å². The molecule has 7 nitrogen and oxygen atoms in total. The van der Waals surface area contributed by atoms with Crippen LogP contribution in [0.3, 0.4) is 0 Å². The van der Waals surface area contributed by atoms with Crippen LogP contribution in [-0.2, 0) is 0 Å². The van der Waals surface area contributed by atoms with E-state index in [1.807, 2.05) is 32.0 Å². The molecule has 0 radical (unpaired) electrons. The highest BCUT2D eigenvalue weighted by atomic mass is 16.7. The molecule has 4 rings (SSSR count). The maximum Gasteiger partial charge on any atom is 0.258 e. The van der Waals surface area contributed by atoms with Crippen LogP contribution in [0.2, 0.25) is 0 Å². The van der Waals surface area contributed by atoms with Crippen molar-refractivity contribution in [1.29, 1.82) is 0 Å². The Balaban J connectivity index is 1.45. The third-order valence-corrected chi connectivity index (χ3v) is 4.18. The number of carbonyl (C=O) groups is 1. The van der Waals surface area contributed by atoms with E-state index < -0.39 is 0 Å². The van der Waals surface area contributed by atoms with Gasteiger partial charge < -0.3 is 20.1 Å². The molecule has 2 heterocycles. The van der Waals surface area contributed by atoms with Crippen molar-refractivity contribution < 1.29 is 14.3 Å². The van der Waals surface area contributed by atoms with Crippen molar-refractivity contribution in [2.24, 2.45) is 0 Å². The lowest BCUT2D eigenvalue weighted by molar-refractivity contribution is 0.102. The third-order valence-electron chi connectivity index (χ3n) is 4.18. The number of anilines is 3. The number of nitrogens with zero attached hydrogens (tertiary/aromatic N) is 2. The van der Waals surface area contributed by atoms with Gasteiger partial charge in [0, 0.05) is 29.8 Å². The maximum atomic E-state index is 12.4. The molecule has 1 amide bonds. The quantitative estimate of drug-likeness (QED) is 0.734. The Kier molecular flexibility index (Phi) is 4.33. The van der Waals surface area contributed by atoms with Gasteiger partial charge in [0.2, 0.25) is 12.7 Å². The van der Waals surface area contributed by atoms with Gasteiger partial charge >= 0.3 is 0 Å². The fourth-order valence-electron chi connectivity index (χ4n) is 2.68. The van der Waals surface area contributed by atoms with Crippen molar-refractivity contribution in [3.05, 3.63) is 65.5 Å². The van der Waals surface area contributed by atoms with E-state index in [0.29, 0.717) is 28.7 Å². The van der Waals surface area contributed by atoms with E-state index in [1.54, 1.807) is 18.2 Å². The molecular weight excluding hydrogens is 344 g/mol. The highest BCUT2D eigenvalue weighted by Crippen LogP contribution is 2.34. The summed E-state index contributed by atoms with van der Waals surface area (Å²) in [6.07, 6.45) is 2.98. The second-order valence-electron chi connectivity index (χ2n) is 6.26. The normalized spacial score (nSPS) is 11.9. The van der Waals surface area contributed by atoms with Gasteiger partial charge in [-0.3, -0.25) is 4.79 Å². The summed E-state index contributed by atoms with van der Waals surface area (Å²) in [5.74, 6) is 1.41. The fraction of sp³-hybridized carbons (Fsp3) is 0.150. The molecule has 0 saturated carbocycles. The molecule has 27 heavy (non-hydrogen) atoms. The largest absolute Gasteiger partial charge is 0.454 e. The number of hydrogen-bond donors (Lipinski definition) is 2. The zero-order valence-corrected chi connectivity index (χ0v) is 14.9. The lowest BCUT2D eigenvalue weighted by Crippen LogP contribution is -2.13. The maximum absolute atomic E-state index is 12.4. The van der Waals surface area contributed by atoms with E-state index in [1.165, 1.54) is 12.4 Å². The van der Waals surface area contributed by atoms with Gasteiger partial charge in [-0.2, -0.15) is 0 Å². The second-order valence-corrected chi connectivity index (χ2v) is 6.26. The van der Waals surface area contributed by atoms with Crippen LogP contribution in [0.25, 0.3) is 0 Å². The molecule has 7 heteroatoms. The van der Waals surface area contributed by atoms with Gasteiger partial charge in [-0.15, -0.1) is 0 Å². The van der Waals surface area contributed by atoms with Crippen molar-refractivity contribution in [3.8, 4) is 11.5 Å². The van der Waals surface area contributed by atoms with Gasteiger partial charge in [-0.25, -0.2) is 9.97 Å². The molecular formula is C20H18N4O3. The predicted octanol–water partition coefficient (Wildman–Crippen LogP) is 3.82. The topological polar surface area (TPSA) is 85.4 Å². The van der Waals surface area contributed by atoms with Crippen molar-refractivity contribution in [2.75, 3.05) is 17.4 Å². The Bertz CT molecular complexity index is 1000. The summed E-state index contributed by atoms with van der Waals surface area (Å²) in [5, 5.41) is 5.97. The Labute approximate surface area is 156 Å². The smallest absolute Gasteiger partial charge is 0.258 e. The first-order chi connectivity index (χ1) is 13.1. The molecule has 0 unspecified atom stereocenters. The Morgan fingerprint density at radius 1 is 1.00 bits per heavy atom. The van der Waals surface area contributed by atoms with Crippen molar-refractivity contribution in [1.82, 2.24) is 9.97 Å².